The zero-order chi connectivity index (χ0) is 17.9. The highest BCUT2D eigenvalue weighted by molar-refractivity contribution is 6.31. The van der Waals surface area contributed by atoms with E-state index in [1.807, 2.05) is 0 Å². The molecule has 0 aliphatic carbocycles. The smallest absolute Gasteiger partial charge is 0.417 e. The molecule has 1 aromatic carbocycles. The SMILES string of the molecule is O=[N+]([O-])c1cc(Cl)cc(/C=N\Nc2ccc(C(F)(F)F)cn2)c1O. The van der Waals surface area contributed by atoms with Crippen LogP contribution in [0.4, 0.5) is 24.7 Å². The van der Waals surface area contributed by atoms with Gasteiger partial charge >= 0.3 is 11.9 Å². The third kappa shape index (κ3) is 4.10. The van der Waals surface area contributed by atoms with Crippen LogP contribution in [-0.2, 0) is 6.18 Å². The zero-order valence-corrected chi connectivity index (χ0v) is 12.3. The Hall–Kier alpha value is -2.88. The molecule has 11 heteroatoms. The molecule has 0 fully saturated rings. The van der Waals surface area contributed by atoms with Crippen LogP contribution in [0.25, 0.3) is 0 Å². The van der Waals surface area contributed by atoms with Gasteiger partial charge in [0.05, 0.1) is 16.7 Å². The molecule has 0 saturated heterocycles. The van der Waals surface area contributed by atoms with Gasteiger partial charge in [0.15, 0.2) is 0 Å². The van der Waals surface area contributed by atoms with Crippen molar-refractivity contribution in [1.29, 1.82) is 0 Å². The molecule has 0 amide bonds. The number of pyridine rings is 1. The summed E-state index contributed by atoms with van der Waals surface area (Å²) in [5, 5.41) is 24.2. The van der Waals surface area contributed by atoms with Gasteiger partial charge in [-0.2, -0.15) is 18.3 Å². The highest BCUT2D eigenvalue weighted by Gasteiger charge is 2.30. The summed E-state index contributed by atoms with van der Waals surface area (Å²) in [5.74, 6) is -0.634. The van der Waals surface area contributed by atoms with Gasteiger partial charge in [-0.3, -0.25) is 15.5 Å². The normalized spacial score (nSPS) is 11.7. The minimum atomic E-state index is -4.50. The zero-order valence-electron chi connectivity index (χ0n) is 11.6. The molecule has 0 saturated carbocycles. The van der Waals surface area contributed by atoms with Gasteiger partial charge in [0.25, 0.3) is 0 Å². The molecular formula is C13H8ClF3N4O3. The molecule has 0 unspecified atom stereocenters. The van der Waals surface area contributed by atoms with Crippen molar-refractivity contribution >= 4 is 29.3 Å². The van der Waals surface area contributed by atoms with Crippen molar-refractivity contribution in [3.8, 4) is 5.75 Å². The first-order valence-electron chi connectivity index (χ1n) is 6.17. The first-order chi connectivity index (χ1) is 11.2. The average molecular weight is 361 g/mol. The Labute approximate surface area is 137 Å². The van der Waals surface area contributed by atoms with E-state index in [0.29, 0.717) is 6.20 Å². The lowest BCUT2D eigenvalue weighted by atomic mass is 10.2. The highest BCUT2D eigenvalue weighted by atomic mass is 35.5. The van der Waals surface area contributed by atoms with Crippen LogP contribution in [-0.4, -0.2) is 21.2 Å². The topological polar surface area (TPSA) is 101 Å². The fourth-order valence-corrected chi connectivity index (χ4v) is 1.86. The van der Waals surface area contributed by atoms with Crippen LogP contribution in [0, 0.1) is 10.1 Å². The molecular weight excluding hydrogens is 353 g/mol. The number of nitro benzene ring substituents is 1. The summed E-state index contributed by atoms with van der Waals surface area (Å²) in [7, 11) is 0. The lowest BCUT2D eigenvalue weighted by molar-refractivity contribution is -0.385. The van der Waals surface area contributed by atoms with Crippen molar-refractivity contribution in [1.82, 2.24) is 4.98 Å². The lowest BCUT2D eigenvalue weighted by Crippen LogP contribution is -2.05. The van der Waals surface area contributed by atoms with E-state index in [2.05, 4.69) is 15.5 Å². The molecule has 1 heterocycles. The van der Waals surface area contributed by atoms with Gasteiger partial charge in [-0.25, -0.2) is 4.98 Å². The van der Waals surface area contributed by atoms with E-state index in [9.17, 15) is 28.4 Å². The number of aromatic nitrogens is 1. The number of benzene rings is 1. The van der Waals surface area contributed by atoms with Crippen molar-refractivity contribution in [2.24, 2.45) is 5.10 Å². The Bertz CT molecular complexity index is 794. The van der Waals surface area contributed by atoms with E-state index < -0.39 is 28.1 Å². The van der Waals surface area contributed by atoms with Gasteiger partial charge in [-0.15, -0.1) is 0 Å². The molecule has 0 radical (unpaired) electrons. The number of rotatable bonds is 4. The third-order valence-corrected chi connectivity index (χ3v) is 2.97. The minimum Gasteiger partial charge on any atom is -0.502 e. The number of halogens is 4. The van der Waals surface area contributed by atoms with Crippen molar-refractivity contribution < 1.29 is 23.2 Å². The maximum Gasteiger partial charge on any atom is 0.417 e. The molecule has 2 aromatic rings. The van der Waals surface area contributed by atoms with Crippen LogP contribution in [0.3, 0.4) is 0 Å². The number of nitrogens with zero attached hydrogens (tertiary/aromatic N) is 3. The largest absolute Gasteiger partial charge is 0.502 e. The monoisotopic (exact) mass is 360 g/mol. The molecule has 2 rings (SSSR count). The van der Waals surface area contributed by atoms with Crippen LogP contribution < -0.4 is 5.43 Å². The predicted molar refractivity (Wildman–Crippen MR) is 80.2 cm³/mol. The number of alkyl halides is 3. The van der Waals surface area contributed by atoms with Crippen LogP contribution in [0.2, 0.25) is 5.02 Å². The second kappa shape index (κ2) is 6.71. The number of hydrogen-bond acceptors (Lipinski definition) is 6. The van der Waals surface area contributed by atoms with Crippen molar-refractivity contribution in [2.45, 2.75) is 6.18 Å². The second-order valence-electron chi connectivity index (χ2n) is 4.42. The Morgan fingerprint density at radius 3 is 2.62 bits per heavy atom. The molecule has 0 aliphatic heterocycles. The standard InChI is InChI=1S/C13H8ClF3N4O3/c14-9-3-7(12(22)10(4-9)21(23)24)5-19-20-11-2-1-8(6-18-11)13(15,16)17/h1-6,22H,(H,18,20)/b19-5-. The summed E-state index contributed by atoms with van der Waals surface area (Å²) >= 11 is 5.71. The van der Waals surface area contributed by atoms with Crippen molar-refractivity contribution in [3.05, 3.63) is 56.7 Å². The van der Waals surface area contributed by atoms with E-state index in [1.165, 1.54) is 6.07 Å². The Balaban J connectivity index is 2.16. The van der Waals surface area contributed by atoms with Gasteiger partial charge in [0.2, 0.25) is 5.75 Å². The molecule has 24 heavy (non-hydrogen) atoms. The van der Waals surface area contributed by atoms with Gasteiger partial charge in [-0.05, 0) is 18.2 Å². The maximum absolute atomic E-state index is 12.4. The van der Waals surface area contributed by atoms with Crippen molar-refractivity contribution in [3.63, 3.8) is 0 Å². The fraction of sp³-hybridized carbons (Fsp3) is 0.0769. The quantitative estimate of drug-likeness (QED) is 0.490. The summed E-state index contributed by atoms with van der Waals surface area (Å²) in [4.78, 5) is 13.5. The third-order valence-electron chi connectivity index (χ3n) is 2.75. The van der Waals surface area contributed by atoms with Gasteiger partial charge in [0.1, 0.15) is 5.82 Å². The Morgan fingerprint density at radius 2 is 2.08 bits per heavy atom. The number of hydrogen-bond donors (Lipinski definition) is 2. The van der Waals surface area contributed by atoms with Gasteiger partial charge in [0, 0.05) is 22.8 Å². The van der Waals surface area contributed by atoms with Gasteiger partial charge in [-0.1, -0.05) is 11.6 Å². The number of nitro groups is 1. The lowest BCUT2D eigenvalue weighted by Gasteiger charge is -2.06. The molecule has 0 bridgehead atoms. The van der Waals surface area contributed by atoms with E-state index in [1.54, 1.807) is 0 Å². The van der Waals surface area contributed by atoms with Crippen LogP contribution in [0.15, 0.2) is 35.6 Å². The molecule has 0 aliphatic rings. The summed E-state index contributed by atoms with van der Waals surface area (Å²) < 4.78 is 37.2. The maximum atomic E-state index is 12.4. The fourth-order valence-electron chi connectivity index (χ4n) is 1.64. The van der Waals surface area contributed by atoms with E-state index >= 15 is 0 Å². The molecule has 0 atom stereocenters. The number of nitrogens with one attached hydrogen (secondary N) is 1. The summed E-state index contributed by atoms with van der Waals surface area (Å²) in [6.07, 6.45) is -2.85. The molecule has 0 spiro atoms. The number of phenolic OH excluding ortho intramolecular Hbond substituents is 1. The molecule has 126 valence electrons. The first-order valence-corrected chi connectivity index (χ1v) is 6.55. The summed E-state index contributed by atoms with van der Waals surface area (Å²) in [5.41, 5.74) is 0.770. The predicted octanol–water partition coefficient (Wildman–Crippen LogP) is 3.81. The van der Waals surface area contributed by atoms with Crippen molar-refractivity contribution in [2.75, 3.05) is 5.43 Å². The summed E-state index contributed by atoms with van der Waals surface area (Å²) in [6.45, 7) is 0. The number of phenols is 1. The van der Waals surface area contributed by atoms with Crippen LogP contribution >= 0.6 is 11.6 Å². The van der Waals surface area contributed by atoms with Crippen LogP contribution in [0.5, 0.6) is 5.75 Å². The number of anilines is 1. The number of aromatic hydroxyl groups is 1. The van der Waals surface area contributed by atoms with E-state index in [4.69, 9.17) is 11.6 Å². The molecule has 1 aromatic heterocycles. The molecule has 2 N–H and O–H groups in total. The van der Waals surface area contributed by atoms with Gasteiger partial charge < -0.3 is 5.11 Å². The summed E-state index contributed by atoms with van der Waals surface area (Å²) in [6, 6.07) is 4.07. The minimum absolute atomic E-state index is 0.00797. The van der Waals surface area contributed by atoms with E-state index in [0.717, 1.165) is 24.4 Å². The highest BCUT2D eigenvalue weighted by Crippen LogP contribution is 2.32. The molecule has 7 nitrogen and oxygen atoms in total. The number of hydrazone groups is 1. The van der Waals surface area contributed by atoms with Crippen LogP contribution in [0.1, 0.15) is 11.1 Å². The Kier molecular flexibility index (Phi) is 4.88. The second-order valence-corrected chi connectivity index (χ2v) is 4.86. The van der Waals surface area contributed by atoms with E-state index in [-0.39, 0.29) is 16.4 Å². The first kappa shape index (κ1) is 17.5. The Morgan fingerprint density at radius 1 is 1.38 bits per heavy atom. The average Bonchev–Trinajstić information content (AvgIpc) is 2.49.